The quantitative estimate of drug-likeness (QED) is 0.458. The number of guanidine groups is 1. The van der Waals surface area contributed by atoms with Gasteiger partial charge in [-0.15, -0.1) is 11.3 Å². The molecule has 9 heteroatoms. The first-order valence-corrected chi connectivity index (χ1v) is 10.4. The Bertz CT molecular complexity index is 726. The lowest BCUT2D eigenvalue weighted by molar-refractivity contribution is -0.0666. The van der Waals surface area contributed by atoms with Gasteiger partial charge in [0.1, 0.15) is 4.21 Å². The van der Waals surface area contributed by atoms with Crippen LogP contribution < -0.4 is 10.0 Å². The van der Waals surface area contributed by atoms with Gasteiger partial charge in [0.05, 0.1) is 4.34 Å². The molecule has 1 saturated heterocycles. The molecule has 0 amide bonds. The molecule has 0 spiro atoms. The molecule has 1 aliphatic heterocycles. The number of hydrogen-bond acceptors (Lipinski definition) is 4. The summed E-state index contributed by atoms with van der Waals surface area (Å²) in [6.07, 6.45) is 0. The molecule has 1 aromatic heterocycles. The maximum atomic E-state index is 12.1. The maximum absolute atomic E-state index is 12.1. The lowest BCUT2D eigenvalue weighted by Gasteiger charge is -2.62. The molecule has 1 aliphatic rings. The van der Waals surface area contributed by atoms with E-state index >= 15 is 0 Å². The fourth-order valence-corrected chi connectivity index (χ4v) is 5.13. The third-order valence-electron chi connectivity index (χ3n) is 4.87. The van der Waals surface area contributed by atoms with Crippen LogP contribution in [0.15, 0.2) is 21.3 Å². The van der Waals surface area contributed by atoms with Gasteiger partial charge in [-0.3, -0.25) is 4.99 Å². The van der Waals surface area contributed by atoms with Gasteiger partial charge in [0.15, 0.2) is 5.96 Å². The van der Waals surface area contributed by atoms with Crippen molar-refractivity contribution in [2.75, 3.05) is 26.7 Å². The lowest BCUT2D eigenvalue weighted by atomic mass is 9.65. The van der Waals surface area contributed by atoms with E-state index in [4.69, 9.17) is 11.6 Å². The minimum atomic E-state index is -3.51. The first-order valence-electron chi connectivity index (χ1n) is 7.74. The molecule has 2 N–H and O–H groups in total. The van der Waals surface area contributed by atoms with Crippen LogP contribution in [0.1, 0.15) is 27.7 Å². The van der Waals surface area contributed by atoms with Crippen molar-refractivity contribution in [1.82, 2.24) is 14.9 Å². The zero-order chi connectivity index (χ0) is 18.2. The second-order valence-corrected chi connectivity index (χ2v) is 10.7. The zero-order valence-corrected chi connectivity index (χ0v) is 17.1. The Morgan fingerprint density at radius 2 is 2.00 bits per heavy atom. The van der Waals surface area contributed by atoms with Crippen molar-refractivity contribution in [2.24, 2.45) is 10.4 Å². The van der Waals surface area contributed by atoms with E-state index < -0.39 is 10.0 Å². The molecule has 0 unspecified atom stereocenters. The standard InChI is InChI=1S/C15H25ClN4O2S2/c1-14(2)10-20(15(14,3)4)13(17-5)18-8-9-19-24(21,22)12-7-6-11(16)23-12/h6-7,19H,8-10H2,1-5H3,(H,17,18). The molecule has 1 aromatic rings. The minimum absolute atomic E-state index is 0.00205. The van der Waals surface area contributed by atoms with Gasteiger partial charge in [-0.1, -0.05) is 25.4 Å². The second kappa shape index (κ2) is 6.82. The summed E-state index contributed by atoms with van der Waals surface area (Å²) in [7, 11) is -1.77. The van der Waals surface area contributed by atoms with E-state index in [9.17, 15) is 8.42 Å². The van der Waals surface area contributed by atoms with Crippen LogP contribution in [0.3, 0.4) is 0 Å². The van der Waals surface area contributed by atoms with E-state index in [1.807, 2.05) is 0 Å². The van der Waals surface area contributed by atoms with Crippen molar-refractivity contribution >= 4 is 38.9 Å². The van der Waals surface area contributed by atoms with Crippen LogP contribution in [0.5, 0.6) is 0 Å². The fraction of sp³-hybridized carbons (Fsp3) is 0.667. The molecule has 0 aliphatic carbocycles. The summed E-state index contributed by atoms with van der Waals surface area (Å²) in [5, 5.41) is 3.22. The van der Waals surface area contributed by atoms with Crippen LogP contribution in [-0.2, 0) is 10.0 Å². The van der Waals surface area contributed by atoms with Crippen LogP contribution >= 0.6 is 22.9 Å². The molecule has 2 rings (SSSR count). The van der Waals surface area contributed by atoms with Crippen LogP contribution in [0.25, 0.3) is 0 Å². The molecule has 1 fully saturated rings. The van der Waals surface area contributed by atoms with Crippen molar-refractivity contribution in [2.45, 2.75) is 37.4 Å². The van der Waals surface area contributed by atoms with Gasteiger partial charge in [0, 0.05) is 37.6 Å². The number of nitrogens with one attached hydrogen (secondary N) is 2. The zero-order valence-electron chi connectivity index (χ0n) is 14.7. The third-order valence-corrected chi connectivity index (χ3v) is 8.05. The first kappa shape index (κ1) is 19.5. The number of nitrogens with zero attached hydrogens (tertiary/aromatic N) is 2. The highest BCUT2D eigenvalue weighted by Crippen LogP contribution is 2.46. The minimum Gasteiger partial charge on any atom is -0.355 e. The maximum Gasteiger partial charge on any atom is 0.250 e. The Kier molecular flexibility index (Phi) is 5.54. The van der Waals surface area contributed by atoms with E-state index in [2.05, 4.69) is 47.6 Å². The number of rotatable bonds is 5. The van der Waals surface area contributed by atoms with Crippen LogP contribution in [-0.4, -0.2) is 51.5 Å². The summed E-state index contributed by atoms with van der Waals surface area (Å²) in [5.41, 5.74) is 0.215. The average molecular weight is 393 g/mol. The van der Waals surface area contributed by atoms with E-state index in [1.54, 1.807) is 13.1 Å². The van der Waals surface area contributed by atoms with Gasteiger partial charge < -0.3 is 10.2 Å². The summed E-state index contributed by atoms with van der Waals surface area (Å²) >= 11 is 6.83. The smallest absolute Gasteiger partial charge is 0.250 e. The molecule has 136 valence electrons. The monoisotopic (exact) mass is 392 g/mol. The molecule has 0 aromatic carbocycles. The summed E-state index contributed by atoms with van der Waals surface area (Å²) in [5.74, 6) is 0.790. The van der Waals surface area contributed by atoms with Gasteiger partial charge >= 0.3 is 0 Å². The Balaban J connectivity index is 1.86. The predicted octanol–water partition coefficient (Wildman–Crippen LogP) is 2.38. The molecular formula is C15H25ClN4O2S2. The summed E-state index contributed by atoms with van der Waals surface area (Å²) in [6, 6.07) is 3.08. The Morgan fingerprint density at radius 1 is 1.33 bits per heavy atom. The number of halogens is 1. The molecular weight excluding hydrogens is 368 g/mol. The first-order chi connectivity index (χ1) is 11.0. The Labute approximate surface area is 153 Å². The summed E-state index contributed by atoms with van der Waals surface area (Å²) in [4.78, 5) is 6.51. The topological polar surface area (TPSA) is 73.8 Å². The van der Waals surface area contributed by atoms with Gasteiger partial charge in [0.2, 0.25) is 10.0 Å². The van der Waals surface area contributed by atoms with E-state index in [0.717, 1.165) is 23.8 Å². The normalized spacial score (nSPS) is 19.9. The molecule has 24 heavy (non-hydrogen) atoms. The number of aliphatic imine (C=N–C) groups is 1. The third kappa shape index (κ3) is 3.71. The largest absolute Gasteiger partial charge is 0.355 e. The van der Waals surface area contributed by atoms with Crippen molar-refractivity contribution < 1.29 is 8.42 Å². The average Bonchev–Trinajstić information content (AvgIpc) is 2.93. The van der Waals surface area contributed by atoms with Gasteiger partial charge in [-0.25, -0.2) is 13.1 Å². The van der Waals surface area contributed by atoms with E-state index in [-0.39, 0.29) is 21.7 Å². The van der Waals surface area contributed by atoms with Gasteiger partial charge in [0.25, 0.3) is 0 Å². The van der Waals surface area contributed by atoms with Crippen molar-refractivity contribution in [1.29, 1.82) is 0 Å². The highest BCUT2D eigenvalue weighted by molar-refractivity contribution is 7.91. The number of sulfonamides is 1. The van der Waals surface area contributed by atoms with Gasteiger partial charge in [-0.2, -0.15) is 0 Å². The number of likely N-dealkylation sites (tertiary alicyclic amines) is 1. The molecule has 0 radical (unpaired) electrons. The Morgan fingerprint density at radius 3 is 2.46 bits per heavy atom. The highest BCUT2D eigenvalue weighted by Gasteiger charge is 2.53. The number of thiophene rings is 1. The van der Waals surface area contributed by atoms with Crippen LogP contribution in [0.4, 0.5) is 0 Å². The summed E-state index contributed by atoms with van der Waals surface area (Å²) < 4.78 is 27.5. The number of hydrogen-bond donors (Lipinski definition) is 2. The Hall–Kier alpha value is -0.830. The molecule has 2 heterocycles. The van der Waals surface area contributed by atoms with Crippen molar-refractivity contribution in [3.63, 3.8) is 0 Å². The molecule has 0 saturated carbocycles. The van der Waals surface area contributed by atoms with Crippen LogP contribution in [0.2, 0.25) is 4.34 Å². The fourth-order valence-electron chi connectivity index (χ4n) is 2.57. The molecule has 0 bridgehead atoms. The van der Waals surface area contributed by atoms with Gasteiger partial charge in [-0.05, 0) is 26.0 Å². The van der Waals surface area contributed by atoms with E-state index in [1.165, 1.54) is 6.07 Å². The predicted molar refractivity (Wildman–Crippen MR) is 100 cm³/mol. The molecule has 0 atom stereocenters. The van der Waals surface area contributed by atoms with Crippen LogP contribution in [0, 0.1) is 5.41 Å². The van der Waals surface area contributed by atoms with Crippen molar-refractivity contribution in [3.8, 4) is 0 Å². The SMILES string of the molecule is CN=C(NCCNS(=O)(=O)c1ccc(Cl)s1)N1CC(C)(C)C1(C)C. The summed E-state index contributed by atoms with van der Waals surface area (Å²) in [6.45, 7) is 10.5. The van der Waals surface area contributed by atoms with E-state index in [0.29, 0.717) is 10.9 Å². The second-order valence-electron chi connectivity index (χ2n) is 6.96. The lowest BCUT2D eigenvalue weighted by Crippen LogP contribution is -2.72. The molecule has 6 nitrogen and oxygen atoms in total. The highest BCUT2D eigenvalue weighted by atomic mass is 35.5. The van der Waals surface area contributed by atoms with Crippen molar-refractivity contribution in [3.05, 3.63) is 16.5 Å².